The first kappa shape index (κ1) is 12.1. The van der Waals surface area contributed by atoms with Crippen LogP contribution in [0.2, 0.25) is 0 Å². The van der Waals surface area contributed by atoms with Crippen LogP contribution in [0, 0.1) is 17.8 Å². The van der Waals surface area contributed by atoms with Gasteiger partial charge in [0.1, 0.15) is 0 Å². The first-order valence-electron chi connectivity index (χ1n) is 6.76. The molecule has 0 radical (unpaired) electrons. The highest BCUT2D eigenvalue weighted by molar-refractivity contribution is 5.07. The number of hydrogen-bond donors (Lipinski definition) is 2. The molecule has 0 aromatic heterocycles. The van der Waals surface area contributed by atoms with E-state index >= 15 is 0 Å². The van der Waals surface area contributed by atoms with Crippen molar-refractivity contribution >= 4 is 0 Å². The molecule has 0 saturated heterocycles. The zero-order valence-corrected chi connectivity index (χ0v) is 10.5. The second-order valence-corrected chi connectivity index (χ2v) is 5.71. The molecule has 1 saturated carbocycles. The number of rotatable bonds is 3. The van der Waals surface area contributed by atoms with E-state index in [1.54, 1.807) is 0 Å². The van der Waals surface area contributed by atoms with Crippen molar-refractivity contribution in [1.82, 2.24) is 5.32 Å². The Balaban J connectivity index is 1.83. The van der Waals surface area contributed by atoms with Gasteiger partial charge in [-0.25, -0.2) is 0 Å². The van der Waals surface area contributed by atoms with Crippen LogP contribution < -0.4 is 5.32 Å². The summed E-state index contributed by atoms with van der Waals surface area (Å²) in [5.41, 5.74) is 0. The predicted octanol–water partition coefficient (Wildman–Crippen LogP) is 2.34. The van der Waals surface area contributed by atoms with Crippen molar-refractivity contribution < 1.29 is 5.11 Å². The Hall–Kier alpha value is -0.340. The highest BCUT2D eigenvalue weighted by atomic mass is 16.3. The largest absolute Gasteiger partial charge is 0.396 e. The Morgan fingerprint density at radius 1 is 1.25 bits per heavy atom. The second-order valence-electron chi connectivity index (χ2n) is 5.71. The molecule has 2 rings (SSSR count). The molecule has 0 aliphatic heterocycles. The van der Waals surface area contributed by atoms with E-state index in [0.29, 0.717) is 24.6 Å². The first-order chi connectivity index (χ1) is 7.70. The summed E-state index contributed by atoms with van der Waals surface area (Å²) in [6.45, 7) is 5.05. The fourth-order valence-corrected chi connectivity index (χ4v) is 3.13. The van der Waals surface area contributed by atoms with Gasteiger partial charge in [-0.1, -0.05) is 38.8 Å². The summed E-state index contributed by atoms with van der Waals surface area (Å²) < 4.78 is 0. The molecule has 16 heavy (non-hydrogen) atoms. The summed E-state index contributed by atoms with van der Waals surface area (Å²) in [4.78, 5) is 0. The average Bonchev–Trinajstić information content (AvgIpc) is 2.73. The highest BCUT2D eigenvalue weighted by Crippen LogP contribution is 2.30. The number of aliphatic hydroxyl groups is 1. The van der Waals surface area contributed by atoms with Crippen molar-refractivity contribution in [2.24, 2.45) is 17.8 Å². The van der Waals surface area contributed by atoms with Gasteiger partial charge in [0.2, 0.25) is 0 Å². The lowest BCUT2D eigenvalue weighted by atomic mass is 9.78. The minimum Gasteiger partial charge on any atom is -0.396 e. The lowest BCUT2D eigenvalue weighted by Gasteiger charge is -2.36. The molecular weight excluding hydrogens is 198 g/mol. The highest BCUT2D eigenvalue weighted by Gasteiger charge is 2.29. The smallest absolute Gasteiger partial charge is 0.0494 e. The zero-order chi connectivity index (χ0) is 11.5. The minimum atomic E-state index is 0.297. The Morgan fingerprint density at radius 2 is 2.06 bits per heavy atom. The molecule has 92 valence electrons. The maximum atomic E-state index is 9.10. The van der Waals surface area contributed by atoms with Crippen molar-refractivity contribution in [3.8, 4) is 0 Å². The molecule has 2 nitrogen and oxygen atoms in total. The number of hydrogen-bond acceptors (Lipinski definition) is 2. The standard InChI is InChI=1S/C14H25NO/c1-10-4-3-5-14(11(10)2)15-13-7-6-12(8-13)9-16/h6-7,10-16H,3-5,8-9H2,1-2H3/t10?,11?,12-,13+,14?/m0/s1. The maximum Gasteiger partial charge on any atom is 0.0494 e. The summed E-state index contributed by atoms with van der Waals surface area (Å²) >= 11 is 0. The molecule has 0 bridgehead atoms. The molecule has 0 aromatic rings. The molecule has 0 heterocycles. The van der Waals surface area contributed by atoms with E-state index in [0.717, 1.165) is 18.3 Å². The molecule has 0 spiro atoms. The fraction of sp³-hybridized carbons (Fsp3) is 0.857. The van der Waals surface area contributed by atoms with E-state index in [1.807, 2.05) is 0 Å². The first-order valence-corrected chi connectivity index (χ1v) is 6.76. The van der Waals surface area contributed by atoms with Crippen LogP contribution in [0.5, 0.6) is 0 Å². The summed E-state index contributed by atoms with van der Waals surface area (Å²) in [6.07, 6.45) is 9.55. The zero-order valence-electron chi connectivity index (χ0n) is 10.5. The Kier molecular flexibility index (Phi) is 4.04. The molecular formula is C14H25NO. The van der Waals surface area contributed by atoms with Gasteiger partial charge in [-0.3, -0.25) is 0 Å². The van der Waals surface area contributed by atoms with E-state index < -0.39 is 0 Å². The van der Waals surface area contributed by atoms with Gasteiger partial charge in [-0.2, -0.15) is 0 Å². The maximum absolute atomic E-state index is 9.10. The van der Waals surface area contributed by atoms with Crippen LogP contribution in [-0.4, -0.2) is 23.8 Å². The van der Waals surface area contributed by atoms with Gasteiger partial charge in [0.15, 0.2) is 0 Å². The molecule has 2 heteroatoms. The van der Waals surface area contributed by atoms with Gasteiger partial charge in [0, 0.05) is 24.6 Å². The van der Waals surface area contributed by atoms with E-state index in [9.17, 15) is 0 Å². The molecule has 2 aliphatic carbocycles. The van der Waals surface area contributed by atoms with Crippen LogP contribution in [0.1, 0.15) is 39.5 Å². The molecule has 0 amide bonds. The lowest BCUT2D eigenvalue weighted by molar-refractivity contribution is 0.192. The SMILES string of the molecule is CC1CCCC(N[C@@H]2C=C[C@H](CO)C2)C1C. The third-order valence-corrected chi connectivity index (χ3v) is 4.54. The second kappa shape index (κ2) is 5.33. The molecule has 2 N–H and O–H groups in total. The van der Waals surface area contributed by atoms with Gasteiger partial charge < -0.3 is 10.4 Å². The van der Waals surface area contributed by atoms with Crippen LogP contribution in [0.3, 0.4) is 0 Å². The van der Waals surface area contributed by atoms with E-state index in [1.165, 1.54) is 19.3 Å². The Labute approximate surface area is 99.1 Å². The van der Waals surface area contributed by atoms with Gasteiger partial charge in [0.25, 0.3) is 0 Å². The van der Waals surface area contributed by atoms with Crippen LogP contribution >= 0.6 is 0 Å². The minimum absolute atomic E-state index is 0.297. The van der Waals surface area contributed by atoms with Gasteiger partial charge in [-0.05, 0) is 24.7 Å². The number of nitrogens with one attached hydrogen (secondary N) is 1. The van der Waals surface area contributed by atoms with Gasteiger partial charge >= 0.3 is 0 Å². The van der Waals surface area contributed by atoms with Gasteiger partial charge in [-0.15, -0.1) is 0 Å². The molecule has 2 aliphatic rings. The summed E-state index contributed by atoms with van der Waals surface area (Å²) in [5.74, 6) is 2.02. The molecule has 5 atom stereocenters. The summed E-state index contributed by atoms with van der Waals surface area (Å²) in [5, 5.41) is 12.9. The van der Waals surface area contributed by atoms with Crippen molar-refractivity contribution in [3.05, 3.63) is 12.2 Å². The normalized spacial score (nSPS) is 43.8. The summed E-state index contributed by atoms with van der Waals surface area (Å²) in [7, 11) is 0. The van der Waals surface area contributed by atoms with E-state index in [-0.39, 0.29) is 0 Å². The fourth-order valence-electron chi connectivity index (χ4n) is 3.13. The van der Waals surface area contributed by atoms with Crippen LogP contribution in [0.25, 0.3) is 0 Å². The number of aliphatic hydroxyl groups excluding tert-OH is 1. The van der Waals surface area contributed by atoms with E-state index in [4.69, 9.17) is 5.11 Å². The molecule has 1 fully saturated rings. The van der Waals surface area contributed by atoms with E-state index in [2.05, 4.69) is 31.3 Å². The third-order valence-electron chi connectivity index (χ3n) is 4.54. The van der Waals surface area contributed by atoms with Crippen LogP contribution in [0.4, 0.5) is 0 Å². The van der Waals surface area contributed by atoms with Crippen molar-refractivity contribution in [1.29, 1.82) is 0 Å². The van der Waals surface area contributed by atoms with Crippen LogP contribution in [0.15, 0.2) is 12.2 Å². The van der Waals surface area contributed by atoms with Crippen molar-refractivity contribution in [3.63, 3.8) is 0 Å². The predicted molar refractivity (Wildman–Crippen MR) is 67.2 cm³/mol. The summed E-state index contributed by atoms with van der Waals surface area (Å²) in [6, 6.07) is 1.17. The average molecular weight is 223 g/mol. The third kappa shape index (κ3) is 2.67. The monoisotopic (exact) mass is 223 g/mol. The quantitative estimate of drug-likeness (QED) is 0.720. The van der Waals surface area contributed by atoms with Gasteiger partial charge in [0.05, 0.1) is 0 Å². The topological polar surface area (TPSA) is 32.3 Å². The molecule has 0 aromatic carbocycles. The Morgan fingerprint density at radius 3 is 2.75 bits per heavy atom. The van der Waals surface area contributed by atoms with Crippen molar-refractivity contribution in [2.75, 3.05) is 6.61 Å². The Bertz CT molecular complexity index is 251. The lowest BCUT2D eigenvalue weighted by Crippen LogP contribution is -2.44. The molecule has 3 unspecified atom stereocenters. The van der Waals surface area contributed by atoms with Crippen molar-refractivity contribution in [2.45, 2.75) is 51.6 Å². The van der Waals surface area contributed by atoms with Crippen LogP contribution in [-0.2, 0) is 0 Å².